The fourth-order valence-electron chi connectivity index (χ4n) is 9.86. The van der Waals surface area contributed by atoms with Crippen LogP contribution >= 0.6 is 11.8 Å². The van der Waals surface area contributed by atoms with Crippen LogP contribution in [0.2, 0.25) is 0 Å². The molecule has 2 aliphatic rings. The highest BCUT2D eigenvalue weighted by molar-refractivity contribution is 8.03. The summed E-state index contributed by atoms with van der Waals surface area (Å²) in [6.07, 6.45) is 12.7. The number of aromatic nitrogens is 3. The summed E-state index contributed by atoms with van der Waals surface area (Å²) in [5, 5.41) is 6.04. The van der Waals surface area contributed by atoms with Gasteiger partial charge in [-0.25, -0.2) is 9.97 Å². The Labute approximate surface area is 388 Å². The standard InChI is InChI=1S/C61H44N4S/c1-3-16-53-57(4-2)66-58-39-45(33-35-54(58)64(53)47-21-9-6-10-22-47)44-31-34-51-56(38-44)65(55-36-32-42-19-11-12-24-49(42)59(51)55)48-23-15-20-46(37-48)61-62-52-26-14-13-25-50(52)60(63-61)43-29-27-41(28-30-43)40-17-7-5-8-18-40/h3-14,16-22,24-39H,2,15,23H2,1H3/b16-3-. The van der Waals surface area contributed by atoms with Crippen LogP contribution < -0.4 is 4.90 Å². The van der Waals surface area contributed by atoms with Gasteiger partial charge in [-0.2, -0.15) is 0 Å². The lowest BCUT2D eigenvalue weighted by Crippen LogP contribution is -2.19. The van der Waals surface area contributed by atoms with E-state index in [-0.39, 0.29) is 0 Å². The molecule has 12 rings (SSSR count). The lowest BCUT2D eigenvalue weighted by Gasteiger charge is -2.33. The van der Waals surface area contributed by atoms with E-state index >= 15 is 0 Å². The van der Waals surface area contributed by atoms with E-state index in [0.717, 1.165) is 68.4 Å². The number of fused-ring (bicyclic) bond motifs is 7. The fraction of sp³-hybridized carbons (Fsp3) is 0.0492. The molecule has 0 unspecified atom stereocenters. The maximum atomic E-state index is 5.37. The summed E-state index contributed by atoms with van der Waals surface area (Å²) in [5.41, 5.74) is 15.7. The molecular formula is C61H44N4S. The number of hydrogen-bond acceptors (Lipinski definition) is 4. The number of thioether (sulfide) groups is 1. The average Bonchev–Trinajstić information content (AvgIpc) is 3.73. The largest absolute Gasteiger partial charge is 0.313 e. The first kappa shape index (κ1) is 39.6. The van der Waals surface area contributed by atoms with Gasteiger partial charge in [0.1, 0.15) is 0 Å². The van der Waals surface area contributed by atoms with Gasteiger partial charge in [0.15, 0.2) is 5.82 Å². The first-order valence-corrected chi connectivity index (χ1v) is 23.4. The Morgan fingerprint density at radius 1 is 0.606 bits per heavy atom. The third kappa shape index (κ3) is 6.79. The molecule has 1 aliphatic heterocycles. The molecule has 10 aromatic rings. The van der Waals surface area contributed by atoms with Gasteiger partial charge in [-0.1, -0.05) is 176 Å². The Morgan fingerprint density at radius 2 is 1.30 bits per heavy atom. The molecule has 0 fully saturated rings. The van der Waals surface area contributed by atoms with E-state index < -0.39 is 0 Å². The van der Waals surface area contributed by atoms with Gasteiger partial charge in [0.25, 0.3) is 0 Å². The number of anilines is 2. The van der Waals surface area contributed by atoms with Crippen LogP contribution in [-0.4, -0.2) is 14.5 Å². The molecule has 0 amide bonds. The molecule has 4 nitrogen and oxygen atoms in total. The molecule has 5 heteroatoms. The summed E-state index contributed by atoms with van der Waals surface area (Å²) in [5.74, 6) is 0.738. The minimum atomic E-state index is 0.738. The van der Waals surface area contributed by atoms with Gasteiger partial charge in [-0.05, 0) is 107 Å². The highest BCUT2D eigenvalue weighted by Crippen LogP contribution is 2.49. The molecule has 0 radical (unpaired) electrons. The van der Waals surface area contributed by atoms with Gasteiger partial charge in [-0.3, -0.25) is 0 Å². The molecule has 0 spiro atoms. The van der Waals surface area contributed by atoms with E-state index in [0.29, 0.717) is 0 Å². The van der Waals surface area contributed by atoms with Crippen molar-refractivity contribution < 1.29 is 0 Å². The second-order valence-electron chi connectivity index (χ2n) is 16.8. The van der Waals surface area contributed by atoms with Crippen molar-refractivity contribution in [1.29, 1.82) is 0 Å². The van der Waals surface area contributed by atoms with Crippen molar-refractivity contribution >= 4 is 77.9 Å². The van der Waals surface area contributed by atoms with E-state index in [2.05, 4.69) is 229 Å². The fourth-order valence-corrected chi connectivity index (χ4v) is 10.9. The predicted octanol–water partition coefficient (Wildman–Crippen LogP) is 16.8. The number of para-hydroxylation sites is 2. The molecule has 0 saturated heterocycles. The maximum absolute atomic E-state index is 5.37. The zero-order chi connectivity index (χ0) is 44.1. The molecule has 2 aromatic heterocycles. The summed E-state index contributed by atoms with van der Waals surface area (Å²) >= 11 is 1.78. The van der Waals surface area contributed by atoms with Crippen molar-refractivity contribution in [3.05, 3.63) is 235 Å². The highest BCUT2D eigenvalue weighted by Gasteiger charge is 2.26. The average molecular weight is 865 g/mol. The second kappa shape index (κ2) is 16.5. The highest BCUT2D eigenvalue weighted by atomic mass is 32.2. The summed E-state index contributed by atoms with van der Waals surface area (Å²) in [4.78, 5) is 15.3. The number of nitrogens with zero attached hydrogens (tertiary/aromatic N) is 4. The summed E-state index contributed by atoms with van der Waals surface area (Å²) in [7, 11) is 0. The van der Waals surface area contributed by atoms with Crippen molar-refractivity contribution in [3.8, 4) is 33.5 Å². The van der Waals surface area contributed by atoms with Crippen LogP contribution in [0.3, 0.4) is 0 Å². The minimum Gasteiger partial charge on any atom is -0.313 e. The van der Waals surface area contributed by atoms with Gasteiger partial charge in [0.2, 0.25) is 0 Å². The molecule has 0 bridgehead atoms. The number of rotatable bonds is 8. The van der Waals surface area contributed by atoms with Gasteiger partial charge in [0.05, 0.1) is 33.6 Å². The second-order valence-corrected chi connectivity index (χ2v) is 17.9. The lowest BCUT2D eigenvalue weighted by atomic mass is 9.99. The van der Waals surface area contributed by atoms with E-state index in [1.165, 1.54) is 65.4 Å². The predicted molar refractivity (Wildman–Crippen MR) is 281 cm³/mol. The van der Waals surface area contributed by atoms with Gasteiger partial charge in [-0.15, -0.1) is 0 Å². The molecular weight excluding hydrogens is 821 g/mol. The molecule has 0 atom stereocenters. The summed E-state index contributed by atoms with van der Waals surface area (Å²) < 4.78 is 2.50. The molecule has 0 saturated carbocycles. The number of allylic oxidation sites excluding steroid dienone is 7. The van der Waals surface area contributed by atoms with Crippen LogP contribution in [0, 0.1) is 0 Å². The van der Waals surface area contributed by atoms with Crippen LogP contribution in [0.15, 0.2) is 234 Å². The third-order valence-electron chi connectivity index (χ3n) is 12.9. The first-order chi connectivity index (χ1) is 32.6. The van der Waals surface area contributed by atoms with Crippen molar-refractivity contribution in [3.63, 3.8) is 0 Å². The topological polar surface area (TPSA) is 34.0 Å². The van der Waals surface area contributed by atoms with Crippen LogP contribution in [0.5, 0.6) is 0 Å². The van der Waals surface area contributed by atoms with Crippen molar-refractivity contribution in [2.45, 2.75) is 24.7 Å². The van der Waals surface area contributed by atoms with E-state index in [1.54, 1.807) is 11.8 Å². The van der Waals surface area contributed by atoms with Crippen LogP contribution in [0.25, 0.3) is 88.3 Å². The van der Waals surface area contributed by atoms with Gasteiger partial charge >= 0.3 is 0 Å². The van der Waals surface area contributed by atoms with Crippen LogP contribution in [-0.2, 0) is 0 Å². The third-order valence-corrected chi connectivity index (χ3v) is 14.1. The van der Waals surface area contributed by atoms with E-state index in [9.17, 15) is 0 Å². The zero-order valence-corrected chi connectivity index (χ0v) is 37.3. The van der Waals surface area contributed by atoms with Crippen LogP contribution in [0.1, 0.15) is 25.6 Å². The van der Waals surface area contributed by atoms with Gasteiger partial charge in [0, 0.05) is 48.5 Å². The molecule has 3 heterocycles. The monoisotopic (exact) mass is 864 g/mol. The smallest absolute Gasteiger partial charge is 0.160 e. The molecule has 314 valence electrons. The SMILES string of the molecule is C=CC1=C(/C=C\C)N(c2ccccc2)c2ccc(-c3ccc4c5c6ccccc6ccc5n(C5=CC(c6nc(-c7ccc(-c8ccccc8)cc7)c7ccccc7n6)=CCC5)c4c3)cc2S1. The quantitative estimate of drug-likeness (QED) is 0.152. The Bertz CT molecular complexity index is 3690. The van der Waals surface area contributed by atoms with Crippen molar-refractivity contribution in [2.24, 2.45) is 0 Å². The minimum absolute atomic E-state index is 0.738. The van der Waals surface area contributed by atoms with Gasteiger partial charge < -0.3 is 9.47 Å². The lowest BCUT2D eigenvalue weighted by molar-refractivity contribution is 0.978. The maximum Gasteiger partial charge on any atom is 0.160 e. The Balaban J connectivity index is 0.992. The number of benzene rings is 8. The Morgan fingerprint density at radius 3 is 2.12 bits per heavy atom. The first-order valence-electron chi connectivity index (χ1n) is 22.6. The summed E-state index contributed by atoms with van der Waals surface area (Å²) in [6.45, 7) is 6.31. The Hall–Kier alpha value is -7.99. The Kier molecular flexibility index (Phi) is 9.92. The normalized spacial score (nSPS) is 14.0. The molecule has 66 heavy (non-hydrogen) atoms. The molecule has 8 aromatic carbocycles. The zero-order valence-electron chi connectivity index (χ0n) is 36.5. The van der Waals surface area contributed by atoms with E-state index in [4.69, 9.17) is 9.97 Å². The van der Waals surface area contributed by atoms with Crippen LogP contribution in [0.4, 0.5) is 11.4 Å². The van der Waals surface area contributed by atoms with Crippen molar-refractivity contribution in [1.82, 2.24) is 14.5 Å². The summed E-state index contributed by atoms with van der Waals surface area (Å²) in [6, 6.07) is 65.5. The van der Waals surface area contributed by atoms with Crippen molar-refractivity contribution in [2.75, 3.05) is 4.90 Å². The van der Waals surface area contributed by atoms with E-state index in [1.807, 2.05) is 6.08 Å². The molecule has 0 N–H and O–H groups in total. The molecule has 1 aliphatic carbocycles. The number of hydrogen-bond donors (Lipinski definition) is 0.